The van der Waals surface area contributed by atoms with Crippen LogP contribution in [-0.4, -0.2) is 37.3 Å². The number of rotatable bonds is 3. The molecule has 2 aliphatic heterocycles. The van der Waals surface area contributed by atoms with E-state index in [1.54, 1.807) is 18.2 Å². The number of fused-ring (bicyclic) bond motifs is 1. The standard InChI is InChI=1S/C16H21NO4/c1-11-5-12(2)8-17(7-11)16(18)9-19-13-3-4-14-15(6-13)21-10-20-14/h3-4,6,11-12H,5,7-10H2,1-2H3. The lowest BCUT2D eigenvalue weighted by atomic mass is 9.92. The van der Waals surface area contributed by atoms with Crippen LogP contribution in [0.2, 0.25) is 0 Å². The van der Waals surface area contributed by atoms with Crippen LogP contribution in [-0.2, 0) is 4.79 Å². The summed E-state index contributed by atoms with van der Waals surface area (Å²) in [6.45, 7) is 6.34. The Labute approximate surface area is 124 Å². The molecule has 0 aliphatic carbocycles. The SMILES string of the molecule is CC1CC(C)CN(C(=O)COc2ccc3c(c2)OCO3)C1. The molecule has 1 aromatic rings. The molecule has 2 atom stereocenters. The number of carbonyl (C=O) groups excluding carboxylic acids is 1. The van der Waals surface area contributed by atoms with E-state index >= 15 is 0 Å². The molecule has 0 radical (unpaired) electrons. The van der Waals surface area contributed by atoms with Crippen LogP contribution in [0.15, 0.2) is 18.2 Å². The molecule has 5 nitrogen and oxygen atoms in total. The van der Waals surface area contributed by atoms with Crippen molar-refractivity contribution in [2.24, 2.45) is 11.8 Å². The molecule has 5 heteroatoms. The number of benzene rings is 1. The van der Waals surface area contributed by atoms with Crippen LogP contribution in [0.1, 0.15) is 20.3 Å². The van der Waals surface area contributed by atoms with Crippen LogP contribution in [0.4, 0.5) is 0 Å². The van der Waals surface area contributed by atoms with Crippen LogP contribution in [0, 0.1) is 11.8 Å². The fraction of sp³-hybridized carbons (Fsp3) is 0.562. The lowest BCUT2D eigenvalue weighted by molar-refractivity contribution is -0.136. The summed E-state index contributed by atoms with van der Waals surface area (Å²) in [5.41, 5.74) is 0. The predicted octanol–water partition coefficient (Wildman–Crippen LogP) is 2.30. The van der Waals surface area contributed by atoms with E-state index in [1.165, 1.54) is 6.42 Å². The fourth-order valence-electron chi connectivity index (χ4n) is 3.07. The van der Waals surface area contributed by atoms with Gasteiger partial charge in [0.25, 0.3) is 5.91 Å². The highest BCUT2D eigenvalue weighted by molar-refractivity contribution is 5.78. The number of ether oxygens (including phenoxy) is 3. The number of nitrogens with zero attached hydrogens (tertiary/aromatic N) is 1. The molecule has 0 aromatic heterocycles. The minimum atomic E-state index is 0.0473. The third-order valence-electron chi connectivity index (χ3n) is 3.93. The third kappa shape index (κ3) is 3.23. The van der Waals surface area contributed by atoms with Gasteiger partial charge in [0.15, 0.2) is 18.1 Å². The number of amides is 1. The molecule has 1 aromatic carbocycles. The van der Waals surface area contributed by atoms with Gasteiger partial charge in [-0.2, -0.15) is 0 Å². The Balaban J connectivity index is 1.56. The van der Waals surface area contributed by atoms with Gasteiger partial charge in [-0.05, 0) is 30.4 Å². The molecule has 21 heavy (non-hydrogen) atoms. The summed E-state index contributed by atoms with van der Waals surface area (Å²) in [6.07, 6.45) is 1.19. The topological polar surface area (TPSA) is 48.0 Å². The number of hydrogen-bond acceptors (Lipinski definition) is 4. The van der Waals surface area contributed by atoms with Gasteiger partial charge in [0.05, 0.1) is 0 Å². The zero-order chi connectivity index (χ0) is 14.8. The fourth-order valence-corrected chi connectivity index (χ4v) is 3.07. The molecule has 1 saturated heterocycles. The molecular weight excluding hydrogens is 270 g/mol. The van der Waals surface area contributed by atoms with Crippen molar-refractivity contribution >= 4 is 5.91 Å². The molecule has 0 N–H and O–H groups in total. The first-order valence-corrected chi connectivity index (χ1v) is 7.42. The minimum Gasteiger partial charge on any atom is -0.484 e. The Morgan fingerprint density at radius 2 is 1.95 bits per heavy atom. The maximum atomic E-state index is 12.2. The van der Waals surface area contributed by atoms with E-state index in [-0.39, 0.29) is 19.3 Å². The summed E-state index contributed by atoms with van der Waals surface area (Å²) in [7, 11) is 0. The van der Waals surface area contributed by atoms with Gasteiger partial charge < -0.3 is 19.1 Å². The third-order valence-corrected chi connectivity index (χ3v) is 3.93. The van der Waals surface area contributed by atoms with E-state index in [9.17, 15) is 4.79 Å². The van der Waals surface area contributed by atoms with Crippen molar-refractivity contribution in [3.8, 4) is 17.2 Å². The summed E-state index contributed by atoms with van der Waals surface area (Å²) in [4.78, 5) is 14.1. The van der Waals surface area contributed by atoms with Crippen LogP contribution in [0.3, 0.4) is 0 Å². The average molecular weight is 291 g/mol. The normalized spacial score (nSPS) is 24.0. The first-order valence-electron chi connectivity index (χ1n) is 7.42. The second-order valence-corrected chi connectivity index (χ2v) is 6.05. The van der Waals surface area contributed by atoms with E-state index in [0.29, 0.717) is 29.1 Å². The summed E-state index contributed by atoms with van der Waals surface area (Å²) >= 11 is 0. The smallest absolute Gasteiger partial charge is 0.260 e. The summed E-state index contributed by atoms with van der Waals surface area (Å²) < 4.78 is 16.1. The monoisotopic (exact) mass is 291 g/mol. The summed E-state index contributed by atoms with van der Waals surface area (Å²) in [5.74, 6) is 3.18. The van der Waals surface area contributed by atoms with Crippen molar-refractivity contribution in [3.05, 3.63) is 18.2 Å². The molecule has 0 saturated carbocycles. The van der Waals surface area contributed by atoms with E-state index in [4.69, 9.17) is 14.2 Å². The first-order chi connectivity index (χ1) is 10.1. The van der Waals surface area contributed by atoms with Crippen LogP contribution >= 0.6 is 0 Å². The van der Waals surface area contributed by atoms with Gasteiger partial charge in [-0.3, -0.25) is 4.79 Å². The number of hydrogen-bond donors (Lipinski definition) is 0. The summed E-state index contributed by atoms with van der Waals surface area (Å²) in [6, 6.07) is 5.35. The lowest BCUT2D eigenvalue weighted by Gasteiger charge is -2.34. The Bertz CT molecular complexity index is 521. The highest BCUT2D eigenvalue weighted by Gasteiger charge is 2.25. The average Bonchev–Trinajstić information content (AvgIpc) is 2.91. The van der Waals surface area contributed by atoms with Gasteiger partial charge in [0, 0.05) is 19.2 Å². The maximum Gasteiger partial charge on any atom is 0.260 e. The van der Waals surface area contributed by atoms with Crippen molar-refractivity contribution < 1.29 is 19.0 Å². The zero-order valence-corrected chi connectivity index (χ0v) is 12.5. The van der Waals surface area contributed by atoms with E-state index in [2.05, 4.69) is 13.8 Å². The molecular formula is C16H21NO4. The highest BCUT2D eigenvalue weighted by atomic mass is 16.7. The number of carbonyl (C=O) groups is 1. The second-order valence-electron chi connectivity index (χ2n) is 6.05. The van der Waals surface area contributed by atoms with Crippen molar-refractivity contribution in [2.45, 2.75) is 20.3 Å². The van der Waals surface area contributed by atoms with E-state index in [0.717, 1.165) is 13.1 Å². The van der Waals surface area contributed by atoms with Crippen molar-refractivity contribution in [1.29, 1.82) is 0 Å². The van der Waals surface area contributed by atoms with E-state index in [1.807, 2.05) is 4.90 Å². The molecule has 1 amide bonds. The maximum absolute atomic E-state index is 12.2. The molecule has 2 aliphatic rings. The van der Waals surface area contributed by atoms with Gasteiger partial charge in [0.1, 0.15) is 5.75 Å². The Kier molecular flexibility index (Phi) is 3.90. The van der Waals surface area contributed by atoms with Gasteiger partial charge in [0.2, 0.25) is 6.79 Å². The highest BCUT2D eigenvalue weighted by Crippen LogP contribution is 2.35. The van der Waals surface area contributed by atoms with Crippen LogP contribution < -0.4 is 14.2 Å². The molecule has 114 valence electrons. The van der Waals surface area contributed by atoms with Crippen molar-refractivity contribution in [2.75, 3.05) is 26.5 Å². The minimum absolute atomic E-state index is 0.0473. The largest absolute Gasteiger partial charge is 0.484 e. The number of likely N-dealkylation sites (tertiary alicyclic amines) is 1. The van der Waals surface area contributed by atoms with Gasteiger partial charge in [-0.25, -0.2) is 0 Å². The van der Waals surface area contributed by atoms with Crippen LogP contribution in [0.25, 0.3) is 0 Å². The molecule has 2 heterocycles. The Morgan fingerprint density at radius 1 is 1.24 bits per heavy atom. The van der Waals surface area contributed by atoms with Crippen LogP contribution in [0.5, 0.6) is 17.2 Å². The number of piperidine rings is 1. The molecule has 3 rings (SSSR count). The van der Waals surface area contributed by atoms with Gasteiger partial charge in [-0.15, -0.1) is 0 Å². The van der Waals surface area contributed by atoms with Gasteiger partial charge in [-0.1, -0.05) is 13.8 Å². The predicted molar refractivity (Wildman–Crippen MR) is 77.6 cm³/mol. The zero-order valence-electron chi connectivity index (χ0n) is 12.5. The Morgan fingerprint density at radius 3 is 2.71 bits per heavy atom. The summed E-state index contributed by atoms with van der Waals surface area (Å²) in [5, 5.41) is 0. The Hall–Kier alpha value is -1.91. The quantitative estimate of drug-likeness (QED) is 0.857. The molecule has 2 unspecified atom stereocenters. The van der Waals surface area contributed by atoms with Gasteiger partial charge >= 0.3 is 0 Å². The lowest BCUT2D eigenvalue weighted by Crippen LogP contribution is -2.44. The molecule has 0 spiro atoms. The molecule has 0 bridgehead atoms. The first kappa shape index (κ1) is 14.0. The van der Waals surface area contributed by atoms with Crippen molar-refractivity contribution in [3.63, 3.8) is 0 Å². The van der Waals surface area contributed by atoms with Crippen molar-refractivity contribution in [1.82, 2.24) is 4.90 Å². The molecule has 1 fully saturated rings. The second kappa shape index (κ2) is 5.84. The van der Waals surface area contributed by atoms with E-state index < -0.39 is 0 Å².